The predicted octanol–water partition coefficient (Wildman–Crippen LogP) is 6.76. The standard InChI is InChI=1S/C31H26N2O3/c1-20-7-11-22(12-8-20)27-19-28-26-5-3-4-6-29(26)36-30(33(28)32-27)23-15-17-25(18-16-23)35-31(34)24-13-9-21(2)10-14-24/h3-18,28,30H,19H2,1-2H3/t28-,30-/m0/s1. The molecule has 0 aliphatic carbocycles. The van der Waals surface area contributed by atoms with E-state index >= 15 is 0 Å². The van der Waals surface area contributed by atoms with Crippen molar-refractivity contribution < 1.29 is 14.3 Å². The molecule has 4 aromatic carbocycles. The molecule has 0 spiro atoms. The summed E-state index contributed by atoms with van der Waals surface area (Å²) in [6.45, 7) is 4.07. The van der Waals surface area contributed by atoms with Crippen molar-refractivity contribution in [3.8, 4) is 11.5 Å². The first-order valence-electron chi connectivity index (χ1n) is 12.1. The Morgan fingerprint density at radius 1 is 0.861 bits per heavy atom. The average molecular weight is 475 g/mol. The summed E-state index contributed by atoms with van der Waals surface area (Å²) in [5.41, 5.74) is 7.11. The molecule has 6 rings (SSSR count). The number of nitrogens with zero attached hydrogens (tertiary/aromatic N) is 2. The molecule has 0 amide bonds. The Morgan fingerprint density at radius 3 is 2.25 bits per heavy atom. The molecule has 0 bridgehead atoms. The third-order valence-electron chi connectivity index (χ3n) is 6.75. The van der Waals surface area contributed by atoms with Crippen molar-refractivity contribution in [2.24, 2.45) is 5.10 Å². The lowest BCUT2D eigenvalue weighted by Crippen LogP contribution is -2.33. The van der Waals surface area contributed by atoms with Crippen molar-refractivity contribution >= 4 is 11.7 Å². The van der Waals surface area contributed by atoms with E-state index in [1.54, 1.807) is 24.3 Å². The van der Waals surface area contributed by atoms with Gasteiger partial charge < -0.3 is 9.47 Å². The number of hydrogen-bond donors (Lipinski definition) is 0. The molecular formula is C31H26N2O3. The van der Waals surface area contributed by atoms with Crippen LogP contribution in [0.4, 0.5) is 0 Å². The SMILES string of the molecule is Cc1ccc(C(=O)Oc2ccc([C@@H]3Oc4ccccc4[C@@H]4CC(c5ccc(C)cc5)=NN43)cc2)cc1. The van der Waals surface area contributed by atoms with Gasteiger partial charge in [0.25, 0.3) is 0 Å². The first-order valence-corrected chi connectivity index (χ1v) is 12.1. The lowest BCUT2D eigenvalue weighted by Gasteiger charge is -2.38. The van der Waals surface area contributed by atoms with E-state index in [1.807, 2.05) is 49.4 Å². The van der Waals surface area contributed by atoms with Crippen LogP contribution in [0, 0.1) is 13.8 Å². The van der Waals surface area contributed by atoms with Crippen LogP contribution in [0.25, 0.3) is 0 Å². The molecule has 178 valence electrons. The predicted molar refractivity (Wildman–Crippen MR) is 139 cm³/mol. The molecule has 2 atom stereocenters. The minimum absolute atomic E-state index is 0.0929. The highest BCUT2D eigenvalue weighted by atomic mass is 16.5. The van der Waals surface area contributed by atoms with E-state index in [1.165, 1.54) is 5.56 Å². The molecule has 0 saturated carbocycles. The number of ether oxygens (including phenoxy) is 2. The summed E-state index contributed by atoms with van der Waals surface area (Å²) in [5.74, 6) is 0.985. The van der Waals surface area contributed by atoms with Gasteiger partial charge in [-0.1, -0.05) is 65.7 Å². The van der Waals surface area contributed by atoms with Crippen molar-refractivity contribution in [2.45, 2.75) is 32.5 Å². The number of hydrazone groups is 1. The second-order valence-corrected chi connectivity index (χ2v) is 9.35. The Hall–Kier alpha value is -4.38. The van der Waals surface area contributed by atoms with E-state index < -0.39 is 0 Å². The molecule has 2 heterocycles. The number of carbonyl (C=O) groups is 1. The van der Waals surface area contributed by atoms with Crippen molar-refractivity contribution in [2.75, 3.05) is 0 Å². The Balaban J connectivity index is 1.28. The molecule has 0 unspecified atom stereocenters. The number of hydrogen-bond acceptors (Lipinski definition) is 5. The molecule has 36 heavy (non-hydrogen) atoms. The Kier molecular flexibility index (Phi) is 5.53. The third-order valence-corrected chi connectivity index (χ3v) is 6.75. The molecule has 0 fully saturated rings. The highest BCUT2D eigenvalue weighted by Crippen LogP contribution is 2.47. The first-order chi connectivity index (χ1) is 17.5. The molecule has 2 aliphatic rings. The average Bonchev–Trinajstić information content (AvgIpc) is 3.35. The van der Waals surface area contributed by atoms with Crippen LogP contribution in [0.15, 0.2) is 102 Å². The highest BCUT2D eigenvalue weighted by molar-refractivity contribution is 6.02. The summed E-state index contributed by atoms with van der Waals surface area (Å²) in [6.07, 6.45) is 0.432. The maximum absolute atomic E-state index is 12.5. The van der Waals surface area contributed by atoms with Gasteiger partial charge in [0.15, 0.2) is 0 Å². The zero-order valence-electron chi connectivity index (χ0n) is 20.2. The fourth-order valence-electron chi connectivity index (χ4n) is 4.73. The van der Waals surface area contributed by atoms with Gasteiger partial charge >= 0.3 is 5.97 Å². The molecule has 0 N–H and O–H groups in total. The van der Waals surface area contributed by atoms with Crippen molar-refractivity contribution in [1.29, 1.82) is 0 Å². The molecule has 0 aromatic heterocycles. The van der Waals surface area contributed by atoms with Gasteiger partial charge in [0, 0.05) is 17.5 Å². The zero-order chi connectivity index (χ0) is 24.6. The van der Waals surface area contributed by atoms with Crippen LogP contribution >= 0.6 is 0 Å². The number of rotatable bonds is 4. The highest BCUT2D eigenvalue weighted by Gasteiger charge is 2.40. The number of esters is 1. The lowest BCUT2D eigenvalue weighted by molar-refractivity contribution is -0.0190. The van der Waals surface area contributed by atoms with Gasteiger partial charge in [-0.25, -0.2) is 9.80 Å². The fraction of sp³-hybridized carbons (Fsp3) is 0.161. The summed E-state index contributed by atoms with van der Waals surface area (Å²) in [4.78, 5) is 12.5. The number of benzene rings is 4. The van der Waals surface area contributed by atoms with Crippen LogP contribution in [0.5, 0.6) is 11.5 Å². The molecule has 2 aliphatic heterocycles. The summed E-state index contributed by atoms with van der Waals surface area (Å²) >= 11 is 0. The molecule has 0 radical (unpaired) electrons. The second kappa shape index (κ2) is 9.00. The molecule has 5 heteroatoms. The van der Waals surface area contributed by atoms with Crippen LogP contribution in [0.1, 0.15) is 56.9 Å². The van der Waals surface area contributed by atoms with Gasteiger partial charge in [-0.3, -0.25) is 0 Å². The van der Waals surface area contributed by atoms with Gasteiger partial charge in [0.2, 0.25) is 6.23 Å². The summed E-state index contributed by atoms with van der Waals surface area (Å²) in [5, 5.41) is 7.08. The summed E-state index contributed by atoms with van der Waals surface area (Å²) < 4.78 is 12.0. The summed E-state index contributed by atoms with van der Waals surface area (Å²) in [6, 6.07) is 31.6. The smallest absolute Gasteiger partial charge is 0.343 e. The topological polar surface area (TPSA) is 51.1 Å². The van der Waals surface area contributed by atoms with E-state index in [9.17, 15) is 4.79 Å². The quantitative estimate of drug-likeness (QED) is 0.242. The molecular weight excluding hydrogens is 448 g/mol. The normalized spacial score (nSPS) is 18.1. The molecule has 4 aromatic rings. The number of fused-ring (bicyclic) bond motifs is 3. The van der Waals surface area contributed by atoms with Crippen LogP contribution in [-0.4, -0.2) is 16.7 Å². The monoisotopic (exact) mass is 474 g/mol. The molecule has 5 nitrogen and oxygen atoms in total. The van der Waals surface area contributed by atoms with E-state index in [2.05, 4.69) is 42.3 Å². The van der Waals surface area contributed by atoms with Gasteiger partial charge in [-0.2, -0.15) is 5.10 Å². The number of carbonyl (C=O) groups excluding carboxylic acids is 1. The Labute approximate surface area is 210 Å². The second-order valence-electron chi connectivity index (χ2n) is 9.35. The largest absolute Gasteiger partial charge is 0.464 e. The first kappa shape index (κ1) is 22.1. The Bertz CT molecular complexity index is 1440. The molecule has 0 saturated heterocycles. The minimum Gasteiger partial charge on any atom is -0.464 e. The Morgan fingerprint density at radius 2 is 1.53 bits per heavy atom. The van der Waals surface area contributed by atoms with Crippen LogP contribution in [0.2, 0.25) is 0 Å². The maximum atomic E-state index is 12.5. The maximum Gasteiger partial charge on any atom is 0.343 e. The van der Waals surface area contributed by atoms with E-state index in [4.69, 9.17) is 14.6 Å². The third kappa shape index (κ3) is 4.13. The zero-order valence-corrected chi connectivity index (χ0v) is 20.2. The van der Waals surface area contributed by atoms with Gasteiger partial charge in [-0.05, 0) is 61.9 Å². The van der Waals surface area contributed by atoms with Crippen LogP contribution < -0.4 is 9.47 Å². The minimum atomic E-state index is -0.380. The van der Waals surface area contributed by atoms with Gasteiger partial charge in [-0.15, -0.1) is 0 Å². The summed E-state index contributed by atoms with van der Waals surface area (Å²) in [7, 11) is 0. The van der Waals surface area contributed by atoms with Crippen molar-refractivity contribution in [3.05, 3.63) is 130 Å². The van der Waals surface area contributed by atoms with Crippen molar-refractivity contribution in [1.82, 2.24) is 5.01 Å². The van der Waals surface area contributed by atoms with E-state index in [-0.39, 0.29) is 18.2 Å². The van der Waals surface area contributed by atoms with E-state index in [0.29, 0.717) is 11.3 Å². The van der Waals surface area contributed by atoms with Gasteiger partial charge in [0.1, 0.15) is 11.5 Å². The lowest BCUT2D eigenvalue weighted by atomic mass is 9.95. The van der Waals surface area contributed by atoms with Crippen molar-refractivity contribution in [3.63, 3.8) is 0 Å². The van der Waals surface area contributed by atoms with Crippen LogP contribution in [-0.2, 0) is 0 Å². The van der Waals surface area contributed by atoms with Crippen LogP contribution in [0.3, 0.4) is 0 Å². The number of para-hydroxylation sites is 1. The van der Waals surface area contributed by atoms with E-state index in [0.717, 1.165) is 40.1 Å². The van der Waals surface area contributed by atoms with Gasteiger partial charge in [0.05, 0.1) is 17.3 Å². The fourth-order valence-corrected chi connectivity index (χ4v) is 4.73. The number of aryl methyl sites for hydroxylation is 2.